The highest BCUT2D eigenvalue weighted by atomic mass is 32.2. The van der Waals surface area contributed by atoms with Crippen molar-refractivity contribution in [2.45, 2.75) is 37.0 Å². The van der Waals surface area contributed by atoms with Crippen LogP contribution in [0, 0.1) is 0 Å². The average molecular weight is 281 g/mol. The van der Waals surface area contributed by atoms with Crippen molar-refractivity contribution in [2.24, 2.45) is 0 Å². The van der Waals surface area contributed by atoms with Crippen LogP contribution in [-0.2, 0) is 9.84 Å². The summed E-state index contributed by atoms with van der Waals surface area (Å²) < 4.78 is 23.1. The van der Waals surface area contributed by atoms with E-state index in [4.69, 9.17) is 5.11 Å². The third-order valence-corrected chi connectivity index (χ3v) is 5.84. The van der Waals surface area contributed by atoms with Gasteiger partial charge in [0, 0.05) is 31.2 Å². The smallest absolute Gasteiger partial charge is 0.151 e. The lowest BCUT2D eigenvalue weighted by Gasteiger charge is -2.19. The first-order valence-electron chi connectivity index (χ1n) is 6.16. The van der Waals surface area contributed by atoms with Gasteiger partial charge in [-0.2, -0.15) is 11.8 Å². The zero-order valence-electron chi connectivity index (χ0n) is 10.4. The van der Waals surface area contributed by atoms with E-state index in [2.05, 4.69) is 5.32 Å². The summed E-state index contributed by atoms with van der Waals surface area (Å²) in [4.78, 5) is 0. The fourth-order valence-corrected chi connectivity index (χ4v) is 4.48. The lowest BCUT2D eigenvalue weighted by atomic mass is 10.2. The summed E-state index contributed by atoms with van der Waals surface area (Å²) in [5, 5.41) is 11.8. The van der Waals surface area contributed by atoms with Crippen molar-refractivity contribution >= 4 is 21.6 Å². The minimum Gasteiger partial charge on any atom is -0.396 e. The standard InChI is InChI=1S/C11H23NO3S2/c1-17(14,15)11-5-2-4-10(11)12-6-9-16-8-3-7-13/h10-13H,2-9H2,1H3. The van der Waals surface area contributed by atoms with E-state index in [0.717, 1.165) is 43.7 Å². The highest BCUT2D eigenvalue weighted by molar-refractivity contribution is 7.99. The van der Waals surface area contributed by atoms with Gasteiger partial charge < -0.3 is 10.4 Å². The second kappa shape index (κ2) is 7.61. The molecule has 1 rings (SSSR count). The van der Waals surface area contributed by atoms with Crippen molar-refractivity contribution in [3.05, 3.63) is 0 Å². The maximum Gasteiger partial charge on any atom is 0.151 e. The maximum absolute atomic E-state index is 11.5. The summed E-state index contributed by atoms with van der Waals surface area (Å²) in [5.41, 5.74) is 0. The summed E-state index contributed by atoms with van der Waals surface area (Å²) in [5.74, 6) is 1.95. The molecule has 2 unspecified atom stereocenters. The molecule has 0 spiro atoms. The van der Waals surface area contributed by atoms with Crippen LogP contribution >= 0.6 is 11.8 Å². The zero-order valence-corrected chi connectivity index (χ0v) is 12.0. The van der Waals surface area contributed by atoms with Gasteiger partial charge in [-0.25, -0.2) is 8.42 Å². The van der Waals surface area contributed by atoms with E-state index in [1.165, 1.54) is 6.26 Å². The second-order valence-electron chi connectivity index (χ2n) is 4.55. The lowest BCUT2D eigenvalue weighted by molar-refractivity contribution is 0.296. The Labute approximate surface area is 108 Å². The summed E-state index contributed by atoms with van der Waals surface area (Å²) >= 11 is 1.80. The fraction of sp³-hybridized carbons (Fsp3) is 1.00. The molecule has 4 nitrogen and oxygen atoms in total. The minimum absolute atomic E-state index is 0.142. The predicted octanol–water partition coefficient (Wildman–Crippen LogP) is 0.657. The Hall–Kier alpha value is 0.220. The topological polar surface area (TPSA) is 66.4 Å². The first kappa shape index (κ1) is 15.3. The van der Waals surface area contributed by atoms with E-state index >= 15 is 0 Å². The highest BCUT2D eigenvalue weighted by Crippen LogP contribution is 2.24. The number of aliphatic hydroxyl groups is 1. The van der Waals surface area contributed by atoms with E-state index in [9.17, 15) is 8.42 Å². The largest absolute Gasteiger partial charge is 0.396 e. The van der Waals surface area contributed by atoms with Crippen molar-refractivity contribution < 1.29 is 13.5 Å². The van der Waals surface area contributed by atoms with Crippen LogP contribution in [-0.4, -0.2) is 55.7 Å². The first-order chi connectivity index (χ1) is 8.05. The summed E-state index contributed by atoms with van der Waals surface area (Å²) in [6, 6.07) is 0.142. The van der Waals surface area contributed by atoms with Gasteiger partial charge in [0.2, 0.25) is 0 Å². The van der Waals surface area contributed by atoms with E-state index in [1.807, 2.05) is 0 Å². The lowest BCUT2D eigenvalue weighted by Crippen LogP contribution is -2.40. The molecule has 0 aromatic rings. The maximum atomic E-state index is 11.5. The number of rotatable bonds is 8. The number of aliphatic hydroxyl groups excluding tert-OH is 1. The Morgan fingerprint density at radius 1 is 1.35 bits per heavy atom. The number of hydrogen-bond acceptors (Lipinski definition) is 5. The predicted molar refractivity (Wildman–Crippen MR) is 73.3 cm³/mol. The molecule has 0 radical (unpaired) electrons. The van der Waals surface area contributed by atoms with Crippen LogP contribution in [0.2, 0.25) is 0 Å². The SMILES string of the molecule is CS(=O)(=O)C1CCCC1NCCSCCCO. The molecule has 0 aromatic carbocycles. The molecule has 17 heavy (non-hydrogen) atoms. The number of nitrogens with one attached hydrogen (secondary N) is 1. The Kier molecular flexibility index (Phi) is 6.84. The molecule has 2 atom stereocenters. The molecule has 2 N–H and O–H groups in total. The van der Waals surface area contributed by atoms with Gasteiger partial charge in [-0.05, 0) is 25.0 Å². The molecule has 1 aliphatic carbocycles. The molecule has 0 aliphatic heterocycles. The third-order valence-electron chi connectivity index (χ3n) is 3.10. The molecule has 0 aromatic heterocycles. The van der Waals surface area contributed by atoms with Gasteiger partial charge in [0.15, 0.2) is 9.84 Å². The Balaban J connectivity index is 2.18. The molecule has 0 amide bonds. The molecule has 1 saturated carbocycles. The van der Waals surface area contributed by atoms with Gasteiger partial charge in [0.25, 0.3) is 0 Å². The molecule has 6 heteroatoms. The van der Waals surface area contributed by atoms with E-state index in [0.29, 0.717) is 0 Å². The molecular formula is C11H23NO3S2. The summed E-state index contributed by atoms with van der Waals surface area (Å²) in [7, 11) is -2.91. The van der Waals surface area contributed by atoms with Gasteiger partial charge in [-0.15, -0.1) is 0 Å². The van der Waals surface area contributed by atoms with Gasteiger partial charge in [0.05, 0.1) is 5.25 Å². The minimum atomic E-state index is -2.91. The van der Waals surface area contributed by atoms with Crippen LogP contribution in [0.3, 0.4) is 0 Å². The normalized spacial score (nSPS) is 25.3. The molecule has 102 valence electrons. The van der Waals surface area contributed by atoms with Crippen LogP contribution in [0.5, 0.6) is 0 Å². The quantitative estimate of drug-likeness (QED) is 0.640. The van der Waals surface area contributed by atoms with Crippen molar-refractivity contribution in [1.82, 2.24) is 5.32 Å². The fourth-order valence-electron chi connectivity index (χ4n) is 2.26. The molecule has 1 fully saturated rings. The molecule has 0 heterocycles. The zero-order chi connectivity index (χ0) is 12.7. The van der Waals surface area contributed by atoms with Crippen LogP contribution in [0.15, 0.2) is 0 Å². The van der Waals surface area contributed by atoms with E-state index in [1.54, 1.807) is 11.8 Å². The van der Waals surface area contributed by atoms with Gasteiger partial charge in [-0.3, -0.25) is 0 Å². The summed E-state index contributed by atoms with van der Waals surface area (Å²) in [6.07, 6.45) is 4.95. The third kappa shape index (κ3) is 5.59. The molecule has 1 aliphatic rings. The Morgan fingerprint density at radius 2 is 2.12 bits per heavy atom. The van der Waals surface area contributed by atoms with Crippen molar-refractivity contribution in [3.8, 4) is 0 Å². The monoisotopic (exact) mass is 281 g/mol. The van der Waals surface area contributed by atoms with Gasteiger partial charge in [0.1, 0.15) is 0 Å². The Morgan fingerprint density at radius 3 is 2.76 bits per heavy atom. The highest BCUT2D eigenvalue weighted by Gasteiger charge is 2.33. The second-order valence-corrected chi connectivity index (χ2v) is 8.04. The Bertz CT molecular complexity index is 306. The van der Waals surface area contributed by atoms with Crippen LogP contribution in [0.4, 0.5) is 0 Å². The van der Waals surface area contributed by atoms with Gasteiger partial charge in [-0.1, -0.05) is 6.42 Å². The molecule has 0 saturated heterocycles. The van der Waals surface area contributed by atoms with Crippen LogP contribution in [0.25, 0.3) is 0 Å². The van der Waals surface area contributed by atoms with Gasteiger partial charge >= 0.3 is 0 Å². The van der Waals surface area contributed by atoms with E-state index < -0.39 is 9.84 Å². The number of thioether (sulfide) groups is 1. The molecule has 0 bridgehead atoms. The number of hydrogen-bond donors (Lipinski definition) is 2. The van der Waals surface area contributed by atoms with Crippen molar-refractivity contribution in [2.75, 3.05) is 30.9 Å². The van der Waals surface area contributed by atoms with E-state index in [-0.39, 0.29) is 17.9 Å². The van der Waals surface area contributed by atoms with Crippen LogP contribution < -0.4 is 5.32 Å². The van der Waals surface area contributed by atoms with Crippen molar-refractivity contribution in [1.29, 1.82) is 0 Å². The van der Waals surface area contributed by atoms with Crippen molar-refractivity contribution in [3.63, 3.8) is 0 Å². The molecular weight excluding hydrogens is 258 g/mol. The first-order valence-corrected chi connectivity index (χ1v) is 9.27. The van der Waals surface area contributed by atoms with Crippen LogP contribution in [0.1, 0.15) is 25.7 Å². The summed E-state index contributed by atoms with van der Waals surface area (Å²) in [6.45, 7) is 1.10. The average Bonchev–Trinajstić information content (AvgIpc) is 2.71. The number of sulfone groups is 1.